The summed E-state index contributed by atoms with van der Waals surface area (Å²) in [5.74, 6) is 0.304. The molecular formula is C20H32Cl2N4O3. The fourth-order valence-corrected chi connectivity index (χ4v) is 3.00. The Kier molecular flexibility index (Phi) is 12.6. The molecule has 0 aliphatic rings. The maximum Gasteiger partial charge on any atom is 0.268 e. The lowest BCUT2D eigenvalue weighted by Crippen LogP contribution is -2.21. The lowest BCUT2D eigenvalue weighted by molar-refractivity contribution is 0.0994. The molecule has 0 unspecified atom stereocenters. The summed E-state index contributed by atoms with van der Waals surface area (Å²) in [5, 5.41) is 10.2. The van der Waals surface area contributed by atoms with E-state index in [0.717, 1.165) is 30.7 Å². The highest BCUT2D eigenvalue weighted by Gasteiger charge is 2.19. The van der Waals surface area contributed by atoms with E-state index in [1.54, 1.807) is 24.0 Å². The first-order valence-corrected chi connectivity index (χ1v) is 9.25. The van der Waals surface area contributed by atoms with Gasteiger partial charge in [-0.05, 0) is 51.9 Å². The van der Waals surface area contributed by atoms with E-state index < -0.39 is 12.0 Å². The first-order chi connectivity index (χ1) is 12.9. The number of ether oxygens (including phenoxy) is 1. The highest BCUT2D eigenvalue weighted by molar-refractivity contribution is 5.90. The van der Waals surface area contributed by atoms with Gasteiger partial charge in [0.1, 0.15) is 11.4 Å². The number of hydrogen-bond acceptors (Lipinski definition) is 5. The van der Waals surface area contributed by atoms with Crippen molar-refractivity contribution >= 4 is 30.7 Å². The van der Waals surface area contributed by atoms with Gasteiger partial charge in [-0.3, -0.25) is 4.79 Å². The van der Waals surface area contributed by atoms with Crippen molar-refractivity contribution in [3.8, 4) is 5.75 Å². The molecule has 9 heteroatoms. The van der Waals surface area contributed by atoms with Crippen LogP contribution in [0.25, 0.3) is 0 Å². The van der Waals surface area contributed by atoms with Crippen LogP contribution in [0.4, 0.5) is 0 Å². The number of aryl methyl sites for hydroxylation is 1. The van der Waals surface area contributed by atoms with E-state index in [0.29, 0.717) is 13.0 Å². The van der Waals surface area contributed by atoms with E-state index >= 15 is 0 Å². The Morgan fingerprint density at radius 3 is 2.59 bits per heavy atom. The Morgan fingerprint density at radius 2 is 2.00 bits per heavy atom. The van der Waals surface area contributed by atoms with Gasteiger partial charge in [-0.1, -0.05) is 18.2 Å². The second kappa shape index (κ2) is 13.4. The highest BCUT2D eigenvalue weighted by Crippen LogP contribution is 2.25. The molecule has 0 saturated carbocycles. The summed E-state index contributed by atoms with van der Waals surface area (Å²) in [7, 11) is 4.09. The van der Waals surface area contributed by atoms with E-state index in [2.05, 4.69) is 9.88 Å². The molecule has 0 fully saturated rings. The third-order valence-electron chi connectivity index (χ3n) is 4.48. The second-order valence-corrected chi connectivity index (χ2v) is 7.03. The molecule has 2 atom stereocenters. The smallest absolute Gasteiger partial charge is 0.268 e. The summed E-state index contributed by atoms with van der Waals surface area (Å²) < 4.78 is 7.71. The molecule has 1 aromatic heterocycles. The van der Waals surface area contributed by atoms with Gasteiger partial charge in [-0.2, -0.15) is 0 Å². The second-order valence-electron chi connectivity index (χ2n) is 7.03. The summed E-state index contributed by atoms with van der Waals surface area (Å²) in [6, 6.07) is 7.77. The summed E-state index contributed by atoms with van der Waals surface area (Å²) in [6.07, 6.45) is 4.93. The quantitative estimate of drug-likeness (QED) is 0.517. The predicted octanol–water partition coefficient (Wildman–Crippen LogP) is 2.71. The van der Waals surface area contributed by atoms with Crippen molar-refractivity contribution in [3.63, 3.8) is 0 Å². The number of amides is 1. The number of para-hydroxylation sites is 1. The van der Waals surface area contributed by atoms with Crippen molar-refractivity contribution in [2.24, 2.45) is 5.73 Å². The van der Waals surface area contributed by atoms with Crippen molar-refractivity contribution in [2.45, 2.75) is 38.3 Å². The lowest BCUT2D eigenvalue weighted by Gasteiger charge is -2.22. The minimum atomic E-state index is -0.590. The number of halogens is 2. The van der Waals surface area contributed by atoms with E-state index in [9.17, 15) is 9.90 Å². The highest BCUT2D eigenvalue weighted by atomic mass is 35.5. The monoisotopic (exact) mass is 446 g/mol. The van der Waals surface area contributed by atoms with Crippen LogP contribution >= 0.6 is 24.8 Å². The van der Waals surface area contributed by atoms with Gasteiger partial charge < -0.3 is 25.0 Å². The molecule has 3 N–H and O–H groups in total. The van der Waals surface area contributed by atoms with Gasteiger partial charge >= 0.3 is 0 Å². The normalized spacial score (nSPS) is 12.6. The first kappa shape index (κ1) is 27.2. The number of benzene rings is 1. The van der Waals surface area contributed by atoms with Crippen LogP contribution < -0.4 is 10.5 Å². The van der Waals surface area contributed by atoms with E-state index in [1.165, 1.54) is 0 Å². The van der Waals surface area contributed by atoms with E-state index in [1.807, 2.05) is 38.4 Å². The molecule has 1 aromatic carbocycles. The predicted molar refractivity (Wildman–Crippen MR) is 119 cm³/mol. The molecule has 1 amide bonds. The molecular weight excluding hydrogens is 415 g/mol. The molecule has 0 bridgehead atoms. The van der Waals surface area contributed by atoms with Crippen molar-refractivity contribution < 1.29 is 14.6 Å². The van der Waals surface area contributed by atoms with Crippen molar-refractivity contribution in [3.05, 3.63) is 48.0 Å². The minimum absolute atomic E-state index is 0. The van der Waals surface area contributed by atoms with Crippen LogP contribution in [0.1, 0.15) is 41.9 Å². The van der Waals surface area contributed by atoms with Crippen LogP contribution in [0.5, 0.6) is 5.75 Å². The van der Waals surface area contributed by atoms with E-state index in [4.69, 9.17) is 10.5 Å². The average Bonchev–Trinajstić information content (AvgIpc) is 3.09. The topological polar surface area (TPSA) is 93.6 Å². The summed E-state index contributed by atoms with van der Waals surface area (Å²) in [4.78, 5) is 17.4. The Balaban J connectivity index is 0.00000392. The largest absolute Gasteiger partial charge is 0.493 e. The number of carbonyl (C=O) groups excluding carboxylic acids is 1. The van der Waals surface area contributed by atoms with Gasteiger partial charge in [0.25, 0.3) is 5.91 Å². The van der Waals surface area contributed by atoms with Crippen LogP contribution in [0.2, 0.25) is 0 Å². The first-order valence-electron chi connectivity index (χ1n) is 9.25. The Labute approximate surface area is 185 Å². The molecule has 29 heavy (non-hydrogen) atoms. The van der Waals surface area contributed by atoms with Crippen molar-refractivity contribution in [2.75, 3.05) is 27.2 Å². The third-order valence-corrected chi connectivity index (χ3v) is 4.48. The number of nitrogens with two attached hydrogens (primary N) is 1. The summed E-state index contributed by atoms with van der Waals surface area (Å²) in [6.45, 7) is 3.38. The standard InChI is InChI=1S/C20H30N4O3.2ClH/c1-15(25)18(24-13-17(20(21)26)22-14-24)10-9-16-7-4-5-8-19(16)27-12-6-11-23(2)3;;/h4-5,7-8,13-15,18,25H,6,9-12H2,1-3H3,(H2,21,26);2*1H/t15-,18+;;/m0../s1. The molecule has 0 saturated heterocycles. The van der Waals surface area contributed by atoms with Gasteiger partial charge in [-0.15, -0.1) is 24.8 Å². The third kappa shape index (κ3) is 8.62. The Morgan fingerprint density at radius 1 is 1.31 bits per heavy atom. The molecule has 1 heterocycles. The van der Waals surface area contributed by atoms with Crippen LogP contribution in [-0.2, 0) is 6.42 Å². The number of carbonyl (C=O) groups is 1. The number of aliphatic hydroxyl groups excluding tert-OH is 1. The maximum absolute atomic E-state index is 11.3. The maximum atomic E-state index is 11.3. The number of primary amides is 1. The van der Waals surface area contributed by atoms with Gasteiger partial charge in [0.05, 0.1) is 25.1 Å². The van der Waals surface area contributed by atoms with Crippen LogP contribution in [0.15, 0.2) is 36.8 Å². The number of aliphatic hydroxyl groups is 1. The number of imidazole rings is 1. The van der Waals surface area contributed by atoms with Crippen LogP contribution in [0, 0.1) is 0 Å². The molecule has 2 aromatic rings. The molecule has 2 rings (SSSR count). The molecule has 0 radical (unpaired) electrons. The van der Waals surface area contributed by atoms with Crippen molar-refractivity contribution in [1.29, 1.82) is 0 Å². The molecule has 164 valence electrons. The molecule has 0 spiro atoms. The van der Waals surface area contributed by atoms with Crippen molar-refractivity contribution in [1.82, 2.24) is 14.5 Å². The lowest BCUT2D eigenvalue weighted by atomic mass is 10.0. The number of nitrogens with zero attached hydrogens (tertiary/aromatic N) is 3. The molecule has 0 aliphatic carbocycles. The van der Waals surface area contributed by atoms with Gasteiger partial charge in [0, 0.05) is 12.7 Å². The van der Waals surface area contributed by atoms with Gasteiger partial charge in [-0.25, -0.2) is 4.98 Å². The fraction of sp³-hybridized carbons (Fsp3) is 0.500. The zero-order chi connectivity index (χ0) is 19.8. The van der Waals surface area contributed by atoms with Gasteiger partial charge in [0.2, 0.25) is 0 Å². The Hall–Kier alpha value is -1.80. The summed E-state index contributed by atoms with van der Waals surface area (Å²) in [5.41, 5.74) is 6.57. The van der Waals surface area contributed by atoms with Crippen LogP contribution in [0.3, 0.4) is 0 Å². The number of rotatable bonds is 11. The Bertz CT molecular complexity index is 738. The van der Waals surface area contributed by atoms with E-state index in [-0.39, 0.29) is 36.5 Å². The van der Waals surface area contributed by atoms with Crippen LogP contribution in [-0.4, -0.2) is 58.8 Å². The number of aromatic nitrogens is 2. The van der Waals surface area contributed by atoms with Gasteiger partial charge in [0.15, 0.2) is 0 Å². The minimum Gasteiger partial charge on any atom is -0.493 e. The zero-order valence-electron chi connectivity index (χ0n) is 17.2. The molecule has 7 nitrogen and oxygen atoms in total. The zero-order valence-corrected chi connectivity index (χ0v) is 18.8. The SMILES string of the molecule is C[C@H](O)[C@@H](CCc1ccccc1OCCCN(C)C)n1cnc(C(N)=O)c1.Cl.Cl. The summed E-state index contributed by atoms with van der Waals surface area (Å²) >= 11 is 0. The number of hydrogen-bond donors (Lipinski definition) is 2. The fourth-order valence-electron chi connectivity index (χ4n) is 3.00. The average molecular weight is 447 g/mol. The molecule has 0 aliphatic heterocycles.